The largest absolute Gasteiger partial charge is 0.493 e. The topological polar surface area (TPSA) is 73.6 Å². The summed E-state index contributed by atoms with van der Waals surface area (Å²) >= 11 is 8.23. The number of nitrogens with zero attached hydrogens (tertiary/aromatic N) is 3. The Morgan fingerprint density at radius 1 is 1.00 bits per heavy atom. The fraction of sp³-hybridized carbons (Fsp3) is 0. The van der Waals surface area contributed by atoms with Crippen molar-refractivity contribution >= 4 is 64.9 Å². The molecule has 0 spiro atoms. The number of aromatic nitrogens is 2. The average molecular weight is 478 g/mol. The Bertz CT molecular complexity index is 1090. The van der Waals surface area contributed by atoms with Gasteiger partial charge in [-0.1, -0.05) is 44.0 Å². The van der Waals surface area contributed by atoms with Crippen LogP contribution in [0.4, 0.5) is 10.8 Å². The third kappa shape index (κ3) is 3.37. The van der Waals surface area contributed by atoms with E-state index in [0.717, 1.165) is 31.1 Å². The normalized spacial score (nSPS) is 11.6. The van der Waals surface area contributed by atoms with Gasteiger partial charge in [-0.2, -0.15) is 0 Å². The third-order valence-corrected chi connectivity index (χ3v) is 5.33. The summed E-state index contributed by atoms with van der Waals surface area (Å²) < 4.78 is 1.94. The van der Waals surface area contributed by atoms with Crippen molar-refractivity contribution in [2.75, 3.05) is 0 Å². The Kier molecular flexibility index (Phi) is 4.41. The molecule has 0 bridgehead atoms. The van der Waals surface area contributed by atoms with Crippen molar-refractivity contribution in [2.45, 2.75) is 0 Å². The first-order chi connectivity index (χ1) is 12.1. The SMILES string of the molecule is Oc1[nH]c2cc(Br)ccc2c1N=Nc1nc(-c2ccc(Br)cc2)cs1. The number of aromatic amines is 1. The molecule has 0 saturated heterocycles. The van der Waals surface area contributed by atoms with Crippen LogP contribution < -0.4 is 0 Å². The predicted molar refractivity (Wildman–Crippen MR) is 107 cm³/mol. The first-order valence-electron chi connectivity index (χ1n) is 7.23. The maximum Gasteiger partial charge on any atom is 0.230 e. The Morgan fingerprint density at radius 2 is 1.76 bits per heavy atom. The highest BCUT2D eigenvalue weighted by Crippen LogP contribution is 2.38. The second-order valence-corrected chi connectivity index (χ2v) is 7.90. The Hall–Kier alpha value is -2.03. The van der Waals surface area contributed by atoms with Crippen molar-refractivity contribution in [1.29, 1.82) is 0 Å². The summed E-state index contributed by atoms with van der Waals surface area (Å²) in [6.45, 7) is 0. The molecule has 5 nitrogen and oxygen atoms in total. The van der Waals surface area contributed by atoms with Gasteiger partial charge in [-0.25, -0.2) is 4.98 Å². The molecule has 0 saturated carbocycles. The zero-order valence-corrected chi connectivity index (χ0v) is 16.6. The Labute approximate surface area is 163 Å². The number of aromatic hydroxyl groups is 1. The molecule has 2 N–H and O–H groups in total. The second kappa shape index (κ2) is 6.70. The number of hydrogen-bond acceptors (Lipinski definition) is 5. The summed E-state index contributed by atoms with van der Waals surface area (Å²) in [5.41, 5.74) is 3.05. The molecule has 2 aromatic heterocycles. The van der Waals surface area contributed by atoms with Crippen molar-refractivity contribution in [3.8, 4) is 17.1 Å². The lowest BCUT2D eigenvalue weighted by atomic mass is 10.2. The zero-order chi connectivity index (χ0) is 17.4. The monoisotopic (exact) mass is 476 g/mol. The average Bonchev–Trinajstić information content (AvgIpc) is 3.17. The van der Waals surface area contributed by atoms with E-state index >= 15 is 0 Å². The quantitative estimate of drug-likeness (QED) is 0.313. The molecule has 25 heavy (non-hydrogen) atoms. The lowest BCUT2D eigenvalue weighted by molar-refractivity contribution is 0.459. The molecule has 2 aromatic carbocycles. The molecule has 124 valence electrons. The number of benzene rings is 2. The van der Waals surface area contributed by atoms with Gasteiger partial charge < -0.3 is 10.1 Å². The van der Waals surface area contributed by atoms with E-state index in [-0.39, 0.29) is 5.88 Å². The predicted octanol–water partition coefficient (Wildman–Crippen LogP) is 6.94. The fourth-order valence-electron chi connectivity index (χ4n) is 2.40. The van der Waals surface area contributed by atoms with Crippen LogP contribution in [0.25, 0.3) is 22.2 Å². The number of H-pyrrole nitrogens is 1. The van der Waals surface area contributed by atoms with Crippen LogP contribution in [0.1, 0.15) is 0 Å². The standard InChI is InChI=1S/C17H10Br2N4OS/c18-10-3-1-9(2-4-10)14-8-25-17(21-14)23-22-15-12-6-5-11(19)7-13(12)20-16(15)24/h1-8,20,24H. The lowest BCUT2D eigenvalue weighted by Gasteiger charge is -1.95. The van der Waals surface area contributed by atoms with Crippen molar-refractivity contribution in [3.63, 3.8) is 0 Å². The summed E-state index contributed by atoms with van der Waals surface area (Å²) in [4.78, 5) is 7.37. The van der Waals surface area contributed by atoms with E-state index in [1.807, 2.05) is 47.8 Å². The van der Waals surface area contributed by atoms with Gasteiger partial charge in [0.15, 0.2) is 5.69 Å². The van der Waals surface area contributed by atoms with Crippen LogP contribution >= 0.6 is 43.2 Å². The molecular weight excluding hydrogens is 468 g/mol. The molecule has 4 aromatic rings. The molecule has 4 rings (SSSR count). The molecular formula is C17H10Br2N4OS. The van der Waals surface area contributed by atoms with Crippen LogP contribution in [0.2, 0.25) is 0 Å². The van der Waals surface area contributed by atoms with Crippen LogP contribution in [0.3, 0.4) is 0 Å². The van der Waals surface area contributed by atoms with Gasteiger partial charge in [0.2, 0.25) is 11.0 Å². The second-order valence-electron chi connectivity index (χ2n) is 5.23. The van der Waals surface area contributed by atoms with Gasteiger partial charge in [0.1, 0.15) is 0 Å². The molecule has 0 radical (unpaired) electrons. The number of azo groups is 1. The number of rotatable bonds is 3. The van der Waals surface area contributed by atoms with Crippen LogP contribution in [0.15, 0.2) is 67.0 Å². The molecule has 0 atom stereocenters. The molecule has 8 heteroatoms. The van der Waals surface area contributed by atoms with E-state index in [1.54, 1.807) is 0 Å². The van der Waals surface area contributed by atoms with Crippen LogP contribution in [-0.4, -0.2) is 15.1 Å². The van der Waals surface area contributed by atoms with Crippen molar-refractivity contribution in [2.24, 2.45) is 10.2 Å². The zero-order valence-electron chi connectivity index (χ0n) is 12.6. The molecule has 2 heterocycles. The summed E-state index contributed by atoms with van der Waals surface area (Å²) in [6, 6.07) is 13.6. The molecule has 0 aliphatic heterocycles. The number of thiazole rings is 1. The van der Waals surface area contributed by atoms with E-state index in [1.165, 1.54) is 11.3 Å². The molecule has 0 aliphatic carbocycles. The van der Waals surface area contributed by atoms with Gasteiger partial charge in [-0.05, 0) is 30.3 Å². The highest BCUT2D eigenvalue weighted by atomic mass is 79.9. The maximum atomic E-state index is 10.1. The minimum absolute atomic E-state index is 0.0125. The van der Waals surface area contributed by atoms with Gasteiger partial charge in [0.05, 0.1) is 11.2 Å². The van der Waals surface area contributed by atoms with Gasteiger partial charge in [0.25, 0.3) is 0 Å². The number of nitrogens with one attached hydrogen (secondary N) is 1. The van der Waals surface area contributed by atoms with E-state index in [2.05, 4.69) is 52.1 Å². The summed E-state index contributed by atoms with van der Waals surface area (Å²) in [6.07, 6.45) is 0. The smallest absolute Gasteiger partial charge is 0.230 e. The van der Waals surface area contributed by atoms with E-state index < -0.39 is 0 Å². The van der Waals surface area contributed by atoms with Crippen LogP contribution in [-0.2, 0) is 0 Å². The lowest BCUT2D eigenvalue weighted by Crippen LogP contribution is -1.75. The van der Waals surface area contributed by atoms with Crippen molar-refractivity contribution < 1.29 is 5.11 Å². The van der Waals surface area contributed by atoms with Crippen LogP contribution in [0.5, 0.6) is 5.88 Å². The maximum absolute atomic E-state index is 10.1. The minimum Gasteiger partial charge on any atom is -0.493 e. The minimum atomic E-state index is -0.0125. The van der Waals surface area contributed by atoms with Gasteiger partial charge >= 0.3 is 0 Å². The number of fused-ring (bicyclic) bond motifs is 1. The molecule has 0 unspecified atom stereocenters. The van der Waals surface area contributed by atoms with Crippen molar-refractivity contribution in [3.05, 3.63) is 56.8 Å². The first kappa shape index (κ1) is 16.4. The fourth-order valence-corrected chi connectivity index (χ4v) is 3.67. The van der Waals surface area contributed by atoms with Gasteiger partial charge in [-0.15, -0.1) is 21.6 Å². The van der Waals surface area contributed by atoms with Crippen LogP contribution in [0, 0.1) is 0 Å². The number of halogens is 2. The third-order valence-electron chi connectivity index (χ3n) is 3.58. The summed E-state index contributed by atoms with van der Waals surface area (Å²) in [5, 5.41) is 21.7. The number of hydrogen-bond donors (Lipinski definition) is 2. The summed E-state index contributed by atoms with van der Waals surface area (Å²) in [5.74, 6) is -0.0125. The van der Waals surface area contributed by atoms with E-state index in [9.17, 15) is 5.11 Å². The molecule has 0 aliphatic rings. The Morgan fingerprint density at radius 3 is 2.56 bits per heavy atom. The Balaban J connectivity index is 1.65. The highest BCUT2D eigenvalue weighted by Gasteiger charge is 2.11. The van der Waals surface area contributed by atoms with E-state index in [0.29, 0.717) is 10.8 Å². The van der Waals surface area contributed by atoms with Gasteiger partial charge in [-0.3, -0.25) is 0 Å². The summed E-state index contributed by atoms with van der Waals surface area (Å²) in [7, 11) is 0. The van der Waals surface area contributed by atoms with E-state index in [4.69, 9.17) is 0 Å². The molecule has 0 amide bonds. The van der Waals surface area contributed by atoms with Gasteiger partial charge in [0, 0.05) is 25.3 Å². The highest BCUT2D eigenvalue weighted by molar-refractivity contribution is 9.10. The molecule has 0 fully saturated rings. The van der Waals surface area contributed by atoms with Crippen molar-refractivity contribution in [1.82, 2.24) is 9.97 Å². The first-order valence-corrected chi connectivity index (χ1v) is 9.70.